The van der Waals surface area contributed by atoms with Crippen LogP contribution < -0.4 is 11.3 Å². The van der Waals surface area contributed by atoms with Gasteiger partial charge in [0.2, 0.25) is 0 Å². The van der Waals surface area contributed by atoms with Crippen molar-refractivity contribution in [3.05, 3.63) is 69.7 Å². The summed E-state index contributed by atoms with van der Waals surface area (Å²) in [5.41, 5.74) is 5.38. The molecule has 0 fully saturated rings. The van der Waals surface area contributed by atoms with E-state index in [0.717, 1.165) is 18.4 Å². The minimum Gasteiger partial charge on any atom is -0.271 e. The second-order valence-electron chi connectivity index (χ2n) is 5.15. The molecule has 2 nitrogen and oxygen atoms in total. The van der Waals surface area contributed by atoms with Gasteiger partial charge in [0.25, 0.3) is 0 Å². The number of hydrogen-bond acceptors (Lipinski definition) is 2. The zero-order valence-electron chi connectivity index (χ0n) is 12.0. The quantitative estimate of drug-likeness (QED) is 0.604. The van der Waals surface area contributed by atoms with Crippen LogP contribution in [0.2, 0.25) is 10.0 Å². The molecule has 3 N–H and O–H groups in total. The first-order chi connectivity index (χ1) is 10.2. The molecule has 21 heavy (non-hydrogen) atoms. The topological polar surface area (TPSA) is 38.0 Å². The number of nitrogens with one attached hydrogen (secondary N) is 1. The van der Waals surface area contributed by atoms with Crippen molar-refractivity contribution in [2.75, 3.05) is 0 Å². The fourth-order valence-electron chi connectivity index (χ4n) is 2.69. The van der Waals surface area contributed by atoms with Gasteiger partial charge in [-0.25, -0.2) is 0 Å². The average molecular weight is 323 g/mol. The third-order valence-corrected chi connectivity index (χ3v) is 4.55. The Morgan fingerprint density at radius 3 is 2.33 bits per heavy atom. The van der Waals surface area contributed by atoms with Crippen molar-refractivity contribution in [1.29, 1.82) is 0 Å². The van der Waals surface area contributed by atoms with Gasteiger partial charge in [-0.2, -0.15) is 0 Å². The van der Waals surface area contributed by atoms with Gasteiger partial charge in [0, 0.05) is 12.0 Å². The molecule has 2 rings (SSSR count). The molecular weight excluding hydrogens is 303 g/mol. The number of rotatable bonds is 6. The van der Waals surface area contributed by atoms with Gasteiger partial charge in [0.1, 0.15) is 0 Å². The Kier molecular flexibility index (Phi) is 6.07. The van der Waals surface area contributed by atoms with E-state index in [0.29, 0.717) is 16.0 Å². The average Bonchev–Trinajstić information content (AvgIpc) is 2.51. The van der Waals surface area contributed by atoms with Crippen molar-refractivity contribution in [1.82, 2.24) is 5.43 Å². The molecule has 0 aliphatic rings. The molecule has 2 aromatic rings. The van der Waals surface area contributed by atoms with Gasteiger partial charge in [-0.05, 0) is 36.1 Å². The predicted molar refractivity (Wildman–Crippen MR) is 90.8 cm³/mol. The van der Waals surface area contributed by atoms with Crippen LogP contribution in [0.15, 0.2) is 48.5 Å². The van der Waals surface area contributed by atoms with E-state index in [2.05, 4.69) is 36.6 Å². The van der Waals surface area contributed by atoms with Gasteiger partial charge in [-0.15, -0.1) is 0 Å². The zero-order valence-corrected chi connectivity index (χ0v) is 13.5. The number of nitrogens with two attached hydrogens (primary N) is 1. The van der Waals surface area contributed by atoms with Crippen LogP contribution in [-0.2, 0) is 6.42 Å². The summed E-state index contributed by atoms with van der Waals surface area (Å²) in [5.74, 6) is 6.15. The Bertz CT molecular complexity index is 572. The highest BCUT2D eigenvalue weighted by Gasteiger charge is 2.21. The Balaban J connectivity index is 2.19. The first kappa shape index (κ1) is 16.3. The van der Waals surface area contributed by atoms with Gasteiger partial charge < -0.3 is 0 Å². The Labute approximate surface area is 136 Å². The van der Waals surface area contributed by atoms with Gasteiger partial charge in [-0.1, -0.05) is 66.5 Å². The molecule has 0 aromatic heterocycles. The fraction of sp³-hybridized carbons (Fsp3) is 0.294. The molecule has 0 amide bonds. The van der Waals surface area contributed by atoms with E-state index in [4.69, 9.17) is 29.0 Å². The van der Waals surface area contributed by atoms with Crippen molar-refractivity contribution >= 4 is 23.2 Å². The number of halogens is 2. The van der Waals surface area contributed by atoms with Crippen LogP contribution in [0, 0.1) is 0 Å². The largest absolute Gasteiger partial charge is 0.271 e. The molecule has 0 radical (unpaired) electrons. The van der Waals surface area contributed by atoms with Crippen LogP contribution in [0.5, 0.6) is 0 Å². The van der Waals surface area contributed by atoms with E-state index in [1.165, 1.54) is 5.56 Å². The molecule has 0 aliphatic carbocycles. The maximum atomic E-state index is 6.09. The van der Waals surface area contributed by atoms with Crippen LogP contribution in [0.4, 0.5) is 0 Å². The van der Waals surface area contributed by atoms with Gasteiger partial charge in [0.05, 0.1) is 10.0 Å². The highest BCUT2D eigenvalue weighted by Crippen LogP contribution is 2.27. The molecule has 2 atom stereocenters. The van der Waals surface area contributed by atoms with Crippen molar-refractivity contribution in [3.63, 3.8) is 0 Å². The van der Waals surface area contributed by atoms with Gasteiger partial charge >= 0.3 is 0 Å². The Morgan fingerprint density at radius 1 is 1.05 bits per heavy atom. The second-order valence-corrected chi connectivity index (χ2v) is 5.97. The summed E-state index contributed by atoms with van der Waals surface area (Å²) in [6.07, 6.45) is 1.82. The summed E-state index contributed by atoms with van der Waals surface area (Å²) in [6.45, 7) is 2.18. The van der Waals surface area contributed by atoms with Crippen LogP contribution in [0.25, 0.3) is 0 Å². The molecule has 0 heterocycles. The van der Waals surface area contributed by atoms with Crippen molar-refractivity contribution in [3.8, 4) is 0 Å². The van der Waals surface area contributed by atoms with Crippen molar-refractivity contribution in [2.24, 2.45) is 5.84 Å². The SMILES string of the molecule is CCC(c1ccccc1)C(Cc1ccc(Cl)c(Cl)c1)NN. The predicted octanol–water partition coefficient (Wildman–Crippen LogP) is 4.56. The molecule has 0 spiro atoms. The molecule has 4 heteroatoms. The third kappa shape index (κ3) is 4.21. The Morgan fingerprint density at radius 2 is 1.76 bits per heavy atom. The number of hydrazine groups is 1. The summed E-state index contributed by atoms with van der Waals surface area (Å²) in [6, 6.07) is 16.3. The van der Waals surface area contributed by atoms with E-state index >= 15 is 0 Å². The first-order valence-electron chi connectivity index (χ1n) is 7.10. The lowest BCUT2D eigenvalue weighted by molar-refractivity contribution is 0.427. The maximum Gasteiger partial charge on any atom is 0.0595 e. The second kappa shape index (κ2) is 7.81. The van der Waals surface area contributed by atoms with Crippen molar-refractivity contribution in [2.45, 2.75) is 31.7 Å². The monoisotopic (exact) mass is 322 g/mol. The van der Waals surface area contributed by atoms with E-state index in [9.17, 15) is 0 Å². The van der Waals surface area contributed by atoms with Crippen LogP contribution in [-0.4, -0.2) is 6.04 Å². The third-order valence-electron chi connectivity index (χ3n) is 3.81. The summed E-state index contributed by atoms with van der Waals surface area (Å²) in [7, 11) is 0. The van der Waals surface area contributed by atoms with Crippen LogP contribution in [0.3, 0.4) is 0 Å². The van der Waals surface area contributed by atoms with Crippen molar-refractivity contribution < 1.29 is 0 Å². The molecule has 0 saturated heterocycles. The molecule has 0 aliphatic heterocycles. The van der Waals surface area contributed by atoms with E-state index in [1.54, 1.807) is 0 Å². The van der Waals surface area contributed by atoms with Crippen LogP contribution in [0.1, 0.15) is 30.4 Å². The number of benzene rings is 2. The summed E-state index contributed by atoms with van der Waals surface area (Å²) in [5, 5.41) is 1.16. The highest BCUT2D eigenvalue weighted by molar-refractivity contribution is 6.42. The molecular formula is C17H20Cl2N2. The zero-order chi connectivity index (χ0) is 15.2. The minimum absolute atomic E-state index is 0.148. The lowest BCUT2D eigenvalue weighted by Gasteiger charge is -2.26. The lowest BCUT2D eigenvalue weighted by Crippen LogP contribution is -2.41. The molecule has 2 aromatic carbocycles. The summed E-state index contributed by atoms with van der Waals surface area (Å²) in [4.78, 5) is 0. The fourth-order valence-corrected chi connectivity index (χ4v) is 3.01. The first-order valence-corrected chi connectivity index (χ1v) is 7.86. The summed E-state index contributed by atoms with van der Waals surface area (Å²) < 4.78 is 0. The summed E-state index contributed by atoms with van der Waals surface area (Å²) >= 11 is 12.1. The van der Waals surface area contributed by atoms with Gasteiger partial charge in [-0.3, -0.25) is 11.3 Å². The minimum atomic E-state index is 0.148. The molecule has 0 bridgehead atoms. The standard InChI is InChI=1S/C17H20Cl2N2/c1-2-14(13-6-4-3-5-7-13)17(21-20)11-12-8-9-15(18)16(19)10-12/h3-10,14,17,21H,2,11,20H2,1H3. The van der Waals surface area contributed by atoms with E-state index in [1.807, 2.05) is 24.3 Å². The molecule has 0 saturated carbocycles. The normalized spacial score (nSPS) is 13.9. The molecule has 112 valence electrons. The maximum absolute atomic E-state index is 6.09. The number of hydrogen-bond donors (Lipinski definition) is 2. The lowest BCUT2D eigenvalue weighted by atomic mass is 9.86. The highest BCUT2D eigenvalue weighted by atomic mass is 35.5. The van der Waals surface area contributed by atoms with Gasteiger partial charge in [0.15, 0.2) is 0 Å². The van der Waals surface area contributed by atoms with E-state index in [-0.39, 0.29) is 6.04 Å². The van der Waals surface area contributed by atoms with Crippen LogP contribution >= 0.6 is 23.2 Å². The van der Waals surface area contributed by atoms with E-state index < -0.39 is 0 Å². The molecule has 2 unspecified atom stereocenters. The Hall–Kier alpha value is -1.06. The smallest absolute Gasteiger partial charge is 0.0595 e.